The third kappa shape index (κ3) is 2.96. The maximum atomic E-state index is 9.07. The SMILES string of the molecule is N#Cc1nccnc1NCc1ccc(-n2cnc3ccccc32)cc1Cl. The van der Waals surface area contributed by atoms with Gasteiger partial charge in [0.2, 0.25) is 0 Å². The molecule has 6 nitrogen and oxygen atoms in total. The molecule has 0 saturated heterocycles. The normalized spacial score (nSPS) is 10.6. The van der Waals surface area contributed by atoms with Gasteiger partial charge in [-0.15, -0.1) is 0 Å². The summed E-state index contributed by atoms with van der Waals surface area (Å²) in [6.45, 7) is 0.442. The minimum atomic E-state index is 0.255. The van der Waals surface area contributed by atoms with Crippen LogP contribution in [0.1, 0.15) is 11.3 Å². The summed E-state index contributed by atoms with van der Waals surface area (Å²) in [5, 5.41) is 12.8. The average Bonchev–Trinajstić information content (AvgIpc) is 3.11. The fourth-order valence-corrected chi connectivity index (χ4v) is 2.96. The van der Waals surface area contributed by atoms with Crippen molar-refractivity contribution in [1.82, 2.24) is 19.5 Å². The van der Waals surface area contributed by atoms with Gasteiger partial charge in [-0.1, -0.05) is 29.8 Å². The molecule has 4 rings (SSSR count). The van der Waals surface area contributed by atoms with Gasteiger partial charge < -0.3 is 5.32 Å². The Kier molecular flexibility index (Phi) is 4.22. The van der Waals surface area contributed by atoms with Crippen LogP contribution in [0.5, 0.6) is 0 Å². The van der Waals surface area contributed by atoms with Crippen molar-refractivity contribution in [3.05, 3.63) is 77.5 Å². The molecule has 0 unspecified atom stereocenters. The molecule has 0 aliphatic heterocycles. The Hall–Kier alpha value is -3.43. The first-order chi connectivity index (χ1) is 12.8. The highest BCUT2D eigenvalue weighted by molar-refractivity contribution is 6.31. The van der Waals surface area contributed by atoms with E-state index in [4.69, 9.17) is 16.9 Å². The van der Waals surface area contributed by atoms with Gasteiger partial charge in [-0.2, -0.15) is 5.26 Å². The van der Waals surface area contributed by atoms with Crippen LogP contribution in [0.3, 0.4) is 0 Å². The van der Waals surface area contributed by atoms with Crippen LogP contribution in [0.2, 0.25) is 5.02 Å². The van der Waals surface area contributed by atoms with E-state index < -0.39 is 0 Å². The fraction of sp³-hybridized carbons (Fsp3) is 0.0526. The number of nitriles is 1. The molecular formula is C19H13ClN6. The lowest BCUT2D eigenvalue weighted by molar-refractivity contribution is 1.06. The van der Waals surface area contributed by atoms with Gasteiger partial charge in [-0.05, 0) is 29.8 Å². The smallest absolute Gasteiger partial charge is 0.182 e. The van der Waals surface area contributed by atoms with Crippen molar-refractivity contribution in [1.29, 1.82) is 5.26 Å². The zero-order valence-electron chi connectivity index (χ0n) is 13.6. The van der Waals surface area contributed by atoms with Crippen molar-refractivity contribution in [2.45, 2.75) is 6.54 Å². The maximum absolute atomic E-state index is 9.07. The molecule has 126 valence electrons. The van der Waals surface area contributed by atoms with Crippen LogP contribution in [0.25, 0.3) is 16.7 Å². The van der Waals surface area contributed by atoms with E-state index in [-0.39, 0.29) is 5.69 Å². The number of hydrogen-bond acceptors (Lipinski definition) is 5. The number of rotatable bonds is 4. The number of hydrogen-bond donors (Lipinski definition) is 1. The third-order valence-electron chi connectivity index (χ3n) is 4.02. The highest BCUT2D eigenvalue weighted by Gasteiger charge is 2.09. The third-order valence-corrected chi connectivity index (χ3v) is 4.37. The number of fused-ring (bicyclic) bond motifs is 1. The Balaban J connectivity index is 1.59. The highest BCUT2D eigenvalue weighted by Crippen LogP contribution is 2.24. The predicted molar refractivity (Wildman–Crippen MR) is 100 cm³/mol. The van der Waals surface area contributed by atoms with E-state index in [2.05, 4.69) is 20.3 Å². The Bertz CT molecular complexity index is 1130. The van der Waals surface area contributed by atoms with E-state index in [1.165, 1.54) is 12.4 Å². The molecule has 0 fully saturated rings. The Labute approximate surface area is 154 Å². The Morgan fingerprint density at radius 1 is 1.08 bits per heavy atom. The molecule has 0 atom stereocenters. The second-order valence-electron chi connectivity index (χ2n) is 5.60. The summed E-state index contributed by atoms with van der Waals surface area (Å²) in [5.41, 5.74) is 4.04. The topological polar surface area (TPSA) is 79.4 Å². The molecule has 0 amide bonds. The van der Waals surface area contributed by atoms with Crippen LogP contribution in [0.4, 0.5) is 5.82 Å². The molecule has 2 aromatic carbocycles. The van der Waals surface area contributed by atoms with Gasteiger partial charge in [0.15, 0.2) is 11.5 Å². The van der Waals surface area contributed by atoms with Crippen molar-refractivity contribution in [3.8, 4) is 11.8 Å². The molecule has 0 spiro atoms. The van der Waals surface area contributed by atoms with Crippen molar-refractivity contribution in [2.75, 3.05) is 5.32 Å². The van der Waals surface area contributed by atoms with Gasteiger partial charge in [0.05, 0.1) is 11.0 Å². The second-order valence-corrected chi connectivity index (χ2v) is 6.01. The van der Waals surface area contributed by atoms with Crippen LogP contribution in [-0.2, 0) is 6.54 Å². The number of para-hydroxylation sites is 2. The first kappa shape index (κ1) is 16.1. The molecule has 0 bridgehead atoms. The summed E-state index contributed by atoms with van der Waals surface area (Å²) in [7, 11) is 0. The van der Waals surface area contributed by atoms with E-state index >= 15 is 0 Å². The Morgan fingerprint density at radius 3 is 2.77 bits per heavy atom. The van der Waals surface area contributed by atoms with Crippen LogP contribution >= 0.6 is 11.6 Å². The number of aromatic nitrogens is 4. The monoisotopic (exact) mass is 360 g/mol. The molecule has 7 heteroatoms. The van der Waals surface area contributed by atoms with Gasteiger partial charge in [0, 0.05) is 29.6 Å². The highest BCUT2D eigenvalue weighted by atomic mass is 35.5. The number of halogens is 1. The average molecular weight is 361 g/mol. The van der Waals surface area contributed by atoms with Gasteiger partial charge in [-0.3, -0.25) is 4.57 Å². The number of imidazole rings is 1. The standard InChI is InChI=1S/C19H13ClN6/c20-15-9-14(26-12-25-16-3-1-2-4-18(16)26)6-5-13(15)11-24-19-17(10-21)22-7-8-23-19/h1-9,12H,11H2,(H,23,24). The van der Waals surface area contributed by atoms with E-state index in [0.717, 1.165) is 22.3 Å². The lowest BCUT2D eigenvalue weighted by Crippen LogP contribution is -2.05. The minimum absolute atomic E-state index is 0.255. The maximum Gasteiger partial charge on any atom is 0.182 e. The summed E-state index contributed by atoms with van der Waals surface area (Å²) in [4.78, 5) is 12.5. The van der Waals surface area contributed by atoms with Gasteiger partial charge in [-0.25, -0.2) is 15.0 Å². The van der Waals surface area contributed by atoms with Crippen molar-refractivity contribution >= 4 is 28.5 Å². The summed E-state index contributed by atoms with van der Waals surface area (Å²) in [6, 6.07) is 15.8. The number of nitrogens with one attached hydrogen (secondary N) is 1. The van der Waals surface area contributed by atoms with E-state index in [9.17, 15) is 0 Å². The fourth-order valence-electron chi connectivity index (χ4n) is 2.72. The molecule has 4 aromatic rings. The lowest BCUT2D eigenvalue weighted by atomic mass is 10.2. The van der Waals surface area contributed by atoms with Gasteiger partial charge in [0.1, 0.15) is 12.4 Å². The molecule has 2 aromatic heterocycles. The Morgan fingerprint density at radius 2 is 1.92 bits per heavy atom. The molecule has 0 radical (unpaired) electrons. The summed E-state index contributed by atoms with van der Waals surface area (Å²) in [5.74, 6) is 0.441. The molecule has 1 N–H and O–H groups in total. The van der Waals surface area contributed by atoms with E-state index in [1.54, 1.807) is 6.33 Å². The van der Waals surface area contributed by atoms with Crippen molar-refractivity contribution in [2.24, 2.45) is 0 Å². The van der Waals surface area contributed by atoms with Crippen LogP contribution < -0.4 is 5.32 Å². The molecular weight excluding hydrogens is 348 g/mol. The van der Waals surface area contributed by atoms with Gasteiger partial charge >= 0.3 is 0 Å². The molecule has 2 heterocycles. The summed E-state index contributed by atoms with van der Waals surface area (Å²) < 4.78 is 1.99. The lowest BCUT2D eigenvalue weighted by Gasteiger charge is -2.10. The molecule has 26 heavy (non-hydrogen) atoms. The number of benzene rings is 2. The molecule has 0 aliphatic rings. The van der Waals surface area contributed by atoms with Crippen molar-refractivity contribution < 1.29 is 0 Å². The first-order valence-corrected chi connectivity index (χ1v) is 8.30. The minimum Gasteiger partial charge on any atom is -0.364 e. The first-order valence-electron chi connectivity index (χ1n) is 7.92. The summed E-state index contributed by atoms with van der Waals surface area (Å²) in [6.07, 6.45) is 4.81. The quantitative estimate of drug-likeness (QED) is 0.596. The second kappa shape index (κ2) is 6.82. The zero-order chi connectivity index (χ0) is 17.9. The van der Waals surface area contributed by atoms with E-state index in [0.29, 0.717) is 17.4 Å². The number of nitrogens with zero attached hydrogens (tertiary/aromatic N) is 5. The van der Waals surface area contributed by atoms with Crippen molar-refractivity contribution in [3.63, 3.8) is 0 Å². The number of anilines is 1. The van der Waals surface area contributed by atoms with E-state index in [1.807, 2.05) is 53.1 Å². The molecule has 0 saturated carbocycles. The van der Waals surface area contributed by atoms with Crippen LogP contribution in [0, 0.1) is 11.3 Å². The largest absolute Gasteiger partial charge is 0.364 e. The van der Waals surface area contributed by atoms with Gasteiger partial charge in [0.25, 0.3) is 0 Å². The van der Waals surface area contributed by atoms with Crippen LogP contribution in [-0.4, -0.2) is 19.5 Å². The molecule has 0 aliphatic carbocycles. The summed E-state index contributed by atoms with van der Waals surface area (Å²) >= 11 is 6.46. The zero-order valence-corrected chi connectivity index (χ0v) is 14.4. The predicted octanol–water partition coefficient (Wildman–Crippen LogP) is 3.95. The van der Waals surface area contributed by atoms with Crippen LogP contribution in [0.15, 0.2) is 61.2 Å².